The van der Waals surface area contributed by atoms with Gasteiger partial charge in [-0.15, -0.1) is 0 Å². The Labute approximate surface area is 420 Å². The SMILES string of the molecule is CC1=C(CN(CC(=O)[O-])CC(=O)[O-])C(=O)C(C(C)C)=C/C1=C(\c1ccccc1S(=O)(=O)[O-])c1cc(C(C)C)c(O)c(CN(CC(=O)[O-])CC(=O)O)c1C.[Na+].[Na+].[Na+].[Na+]. The van der Waals surface area contributed by atoms with E-state index in [2.05, 4.69) is 0 Å². The second kappa shape index (κ2) is 24.9. The van der Waals surface area contributed by atoms with Crippen LogP contribution in [0.4, 0.5) is 0 Å². The van der Waals surface area contributed by atoms with Crippen LogP contribution in [0.15, 0.2) is 63.6 Å². The summed E-state index contributed by atoms with van der Waals surface area (Å²) in [6.45, 7) is 5.66. The van der Waals surface area contributed by atoms with E-state index in [-0.39, 0.29) is 174 Å². The monoisotopic (exact) mass is 844 g/mol. The van der Waals surface area contributed by atoms with Gasteiger partial charge >= 0.3 is 124 Å². The molecule has 0 saturated carbocycles. The van der Waals surface area contributed by atoms with Crippen molar-refractivity contribution in [2.75, 3.05) is 32.7 Å². The number of aliphatic carboxylic acids is 4. The van der Waals surface area contributed by atoms with Crippen molar-refractivity contribution in [3.8, 4) is 5.75 Å². The second-order valence-electron chi connectivity index (χ2n) is 13.3. The van der Waals surface area contributed by atoms with Gasteiger partial charge in [0, 0.05) is 55.0 Å². The zero-order chi connectivity index (χ0) is 40.1. The first kappa shape index (κ1) is 57.9. The molecule has 2 aromatic rings. The molecular weight excluding hydrogens is 804 g/mol. The number of carbonyl (C=O) groups is 5. The van der Waals surface area contributed by atoms with Gasteiger partial charge in [0.25, 0.3) is 0 Å². The molecule has 2 N–H and O–H groups in total. The minimum absolute atomic E-state index is 0. The van der Waals surface area contributed by atoms with E-state index in [4.69, 9.17) is 0 Å². The normalized spacial score (nSPS) is 13.7. The van der Waals surface area contributed by atoms with Crippen molar-refractivity contribution in [3.05, 3.63) is 86.5 Å². The van der Waals surface area contributed by atoms with Crippen LogP contribution in [-0.4, -0.2) is 95.4 Å². The molecule has 20 heteroatoms. The van der Waals surface area contributed by atoms with E-state index < -0.39 is 95.8 Å². The number of hydrogen-bond donors (Lipinski definition) is 2. The van der Waals surface area contributed by atoms with Gasteiger partial charge in [-0.2, -0.15) is 0 Å². The molecule has 57 heavy (non-hydrogen) atoms. The zero-order valence-electron chi connectivity index (χ0n) is 34.0. The first-order valence-electron chi connectivity index (χ1n) is 16.4. The molecule has 0 fully saturated rings. The Balaban J connectivity index is 0. The summed E-state index contributed by atoms with van der Waals surface area (Å²) in [6, 6.07) is 6.82. The van der Waals surface area contributed by atoms with E-state index in [1.807, 2.05) is 0 Å². The van der Waals surface area contributed by atoms with Crippen molar-refractivity contribution >= 4 is 45.4 Å². The molecule has 15 nitrogen and oxygen atoms in total. The molecule has 0 unspecified atom stereocenters. The van der Waals surface area contributed by atoms with Crippen molar-refractivity contribution in [2.45, 2.75) is 58.9 Å². The number of rotatable bonds is 17. The summed E-state index contributed by atoms with van der Waals surface area (Å²) in [4.78, 5) is 61.6. The average Bonchev–Trinajstić information content (AvgIpc) is 3.01. The van der Waals surface area contributed by atoms with Gasteiger partial charge in [0.2, 0.25) is 0 Å². The maximum atomic E-state index is 14.0. The topological polar surface area (TPSA) is 259 Å². The van der Waals surface area contributed by atoms with Gasteiger partial charge < -0.3 is 44.5 Å². The van der Waals surface area contributed by atoms with Crippen LogP contribution in [0.25, 0.3) is 5.57 Å². The van der Waals surface area contributed by atoms with Crippen molar-refractivity contribution in [2.24, 2.45) is 5.92 Å². The van der Waals surface area contributed by atoms with Crippen LogP contribution in [0.1, 0.15) is 68.4 Å². The summed E-state index contributed by atoms with van der Waals surface area (Å²) in [6.07, 6.45) is 1.51. The summed E-state index contributed by atoms with van der Waals surface area (Å²) in [5, 5.41) is 55.7. The van der Waals surface area contributed by atoms with E-state index in [9.17, 15) is 62.5 Å². The minimum Gasteiger partial charge on any atom is -0.744 e. The molecule has 0 aromatic heterocycles. The molecule has 3 rings (SSSR count). The molecule has 0 saturated heterocycles. The number of hydrogen-bond acceptors (Lipinski definition) is 14. The Morgan fingerprint density at radius 2 is 1.26 bits per heavy atom. The first-order chi connectivity index (χ1) is 24.5. The van der Waals surface area contributed by atoms with Crippen LogP contribution < -0.4 is 134 Å². The van der Waals surface area contributed by atoms with E-state index >= 15 is 0 Å². The van der Waals surface area contributed by atoms with Crippen LogP contribution in [0.5, 0.6) is 5.75 Å². The smallest absolute Gasteiger partial charge is 0.744 e. The molecule has 2 aromatic carbocycles. The number of carboxylic acids is 4. The van der Waals surface area contributed by atoms with Crippen molar-refractivity contribution in [1.29, 1.82) is 0 Å². The molecular formula is C37H40N2Na4O13S. The Bertz CT molecular complexity index is 2030. The van der Waals surface area contributed by atoms with E-state index in [1.54, 1.807) is 33.8 Å². The average molecular weight is 845 g/mol. The van der Waals surface area contributed by atoms with E-state index in [0.29, 0.717) is 5.56 Å². The fourth-order valence-corrected chi connectivity index (χ4v) is 6.99. The molecule has 0 amide bonds. The summed E-state index contributed by atoms with van der Waals surface area (Å²) >= 11 is 0. The van der Waals surface area contributed by atoms with Crippen molar-refractivity contribution < 1.29 is 181 Å². The number of nitrogens with zero attached hydrogens (tertiary/aromatic N) is 2. The van der Waals surface area contributed by atoms with Crippen LogP contribution in [0, 0.1) is 12.8 Å². The van der Waals surface area contributed by atoms with Gasteiger partial charge in [0.05, 0.1) is 29.3 Å². The fraction of sp³-hybridized carbons (Fsp3) is 0.378. The second-order valence-corrected chi connectivity index (χ2v) is 14.7. The number of allylic oxidation sites excluding steroid dienone is 4. The van der Waals surface area contributed by atoms with Gasteiger partial charge in [-0.1, -0.05) is 45.9 Å². The predicted octanol–water partition coefficient (Wildman–Crippen LogP) is -12.5. The largest absolute Gasteiger partial charge is 1.00 e. The van der Waals surface area contributed by atoms with Gasteiger partial charge in [-0.3, -0.25) is 19.4 Å². The summed E-state index contributed by atoms with van der Waals surface area (Å²) in [5.74, 6) is -7.91. The van der Waals surface area contributed by atoms with Crippen LogP contribution in [0.3, 0.4) is 0 Å². The van der Waals surface area contributed by atoms with Gasteiger partial charge in [-0.25, -0.2) is 8.42 Å². The maximum Gasteiger partial charge on any atom is 1.00 e. The van der Waals surface area contributed by atoms with Crippen molar-refractivity contribution in [3.63, 3.8) is 0 Å². The standard InChI is InChI=1S/C37H44N2O13S.4Na/c1-19(2)24-11-26(21(5)28(36(24)48)13-38(15-31(40)41)16-32(42)43)35(23-9-7-8-10-30(23)53(50,51)52)27-12-25(20(3)4)37(49)29(22(27)6)14-39(17-33(44)45)18-34(46)47;;;;/h7-12,19-20,48H,13-18H2,1-6H3,(H,40,41)(H,42,43)(H,44,45)(H,46,47)(H,50,51,52);;;;/q;4*+1/p-4/b35-27-;;;;. The van der Waals surface area contributed by atoms with Gasteiger partial charge in [-0.05, 0) is 77.3 Å². The molecule has 1 aliphatic rings. The Morgan fingerprint density at radius 3 is 1.70 bits per heavy atom. The molecule has 0 spiro atoms. The molecule has 286 valence electrons. The van der Waals surface area contributed by atoms with Crippen LogP contribution in [0.2, 0.25) is 0 Å². The number of aromatic hydroxyl groups is 1. The summed E-state index contributed by atoms with van der Waals surface area (Å²) < 4.78 is 38.3. The number of ketones is 1. The first-order valence-corrected chi connectivity index (χ1v) is 17.8. The van der Waals surface area contributed by atoms with Crippen LogP contribution in [-0.2, 0) is 40.6 Å². The third kappa shape index (κ3) is 15.4. The molecule has 0 atom stereocenters. The number of phenolic OH excluding ortho intramolecular Hbond substituents is 1. The van der Waals surface area contributed by atoms with E-state index in [1.165, 1.54) is 38.1 Å². The molecule has 0 bridgehead atoms. The third-order valence-electron chi connectivity index (χ3n) is 8.80. The van der Waals surface area contributed by atoms with Gasteiger partial charge in [0.1, 0.15) is 15.9 Å². The maximum absolute atomic E-state index is 14.0. The van der Waals surface area contributed by atoms with Crippen molar-refractivity contribution in [1.82, 2.24) is 9.80 Å². The number of carboxylic acid groups (broad SMARTS) is 4. The summed E-state index contributed by atoms with van der Waals surface area (Å²) in [5.41, 5.74) is 1.35. The minimum atomic E-state index is -5.18. The van der Waals surface area contributed by atoms with Gasteiger partial charge in [0.15, 0.2) is 5.78 Å². The predicted molar refractivity (Wildman–Crippen MR) is 182 cm³/mol. The third-order valence-corrected chi connectivity index (χ3v) is 9.69. The summed E-state index contributed by atoms with van der Waals surface area (Å²) in [7, 11) is -5.18. The molecule has 0 heterocycles. The Kier molecular flexibility index (Phi) is 25.3. The van der Waals surface area contributed by atoms with E-state index in [0.717, 1.165) is 15.9 Å². The number of carbonyl (C=O) groups excluding carboxylic acids is 4. The number of phenols is 1. The Morgan fingerprint density at radius 1 is 0.772 bits per heavy atom. The number of benzene rings is 2. The zero-order valence-corrected chi connectivity index (χ0v) is 42.9. The molecule has 1 aliphatic carbocycles. The quantitative estimate of drug-likeness (QED) is 0.111. The fourth-order valence-electron chi connectivity index (χ4n) is 6.30. The molecule has 0 radical (unpaired) electrons. The van der Waals surface area contributed by atoms with Crippen LogP contribution >= 0.6 is 0 Å². The Hall–Kier alpha value is -1.16. The molecule has 0 aliphatic heterocycles. The number of Topliss-reactive ketones (excluding diaryl/α,β-unsaturated/α-hetero) is 1.